The van der Waals surface area contributed by atoms with Crippen molar-refractivity contribution in [2.75, 3.05) is 39.5 Å². The number of benzene rings is 2. The summed E-state index contributed by atoms with van der Waals surface area (Å²) in [7, 11) is 0. The molecule has 1 saturated heterocycles. The molecule has 1 heterocycles. The molecule has 0 aromatic heterocycles. The van der Waals surface area contributed by atoms with Crippen molar-refractivity contribution in [3.63, 3.8) is 0 Å². The van der Waals surface area contributed by atoms with Gasteiger partial charge in [0.2, 0.25) is 0 Å². The number of carbonyl (C=O) groups is 2. The van der Waals surface area contributed by atoms with E-state index in [0.29, 0.717) is 23.7 Å². The summed E-state index contributed by atoms with van der Waals surface area (Å²) in [6.07, 6.45) is 0. The third kappa shape index (κ3) is 6.47. The molecule has 3 rings (SSSR count). The molecule has 0 atom stereocenters. The number of amides is 2. The van der Waals surface area contributed by atoms with Crippen molar-refractivity contribution >= 4 is 11.8 Å². The fourth-order valence-corrected chi connectivity index (χ4v) is 3.05. The van der Waals surface area contributed by atoms with Crippen LogP contribution in [0.5, 0.6) is 11.5 Å². The zero-order valence-electron chi connectivity index (χ0n) is 17.1. The average molecular weight is 413 g/mol. The Morgan fingerprint density at radius 1 is 1.00 bits per heavy atom. The zero-order valence-corrected chi connectivity index (χ0v) is 17.1. The van der Waals surface area contributed by atoms with Crippen LogP contribution in [0.1, 0.15) is 22.8 Å². The second-order valence-corrected chi connectivity index (χ2v) is 6.76. The quantitative estimate of drug-likeness (QED) is 0.641. The van der Waals surface area contributed by atoms with Gasteiger partial charge in [0.1, 0.15) is 0 Å². The van der Waals surface area contributed by atoms with E-state index >= 15 is 0 Å². The van der Waals surface area contributed by atoms with Crippen LogP contribution in [0.2, 0.25) is 0 Å². The van der Waals surface area contributed by atoms with Gasteiger partial charge in [-0.15, -0.1) is 0 Å². The predicted molar refractivity (Wildman–Crippen MR) is 111 cm³/mol. The molecule has 2 aromatic rings. The third-order valence-electron chi connectivity index (χ3n) is 4.52. The molecular weight excluding hydrogens is 386 g/mol. The highest BCUT2D eigenvalue weighted by atomic mass is 16.5. The van der Waals surface area contributed by atoms with E-state index in [4.69, 9.17) is 14.2 Å². The molecule has 1 aliphatic rings. The smallest absolute Gasteiger partial charge is 0.276 e. The first-order valence-electron chi connectivity index (χ1n) is 9.98. The van der Waals surface area contributed by atoms with E-state index in [9.17, 15) is 9.59 Å². The van der Waals surface area contributed by atoms with Crippen LogP contribution in [0.4, 0.5) is 0 Å². The maximum atomic E-state index is 12.4. The van der Waals surface area contributed by atoms with Crippen LogP contribution >= 0.6 is 0 Å². The Labute approximate surface area is 176 Å². The fraction of sp³-hybridized carbons (Fsp3) is 0.364. The summed E-state index contributed by atoms with van der Waals surface area (Å²) in [5.41, 5.74) is 6.30. The molecule has 0 radical (unpaired) electrons. The first-order chi connectivity index (χ1) is 14.7. The van der Waals surface area contributed by atoms with E-state index in [-0.39, 0.29) is 12.5 Å². The summed E-state index contributed by atoms with van der Waals surface area (Å²) in [4.78, 5) is 26.7. The number of hydrogen-bond acceptors (Lipinski definition) is 6. The third-order valence-corrected chi connectivity index (χ3v) is 4.52. The van der Waals surface area contributed by atoms with Gasteiger partial charge in [-0.2, -0.15) is 0 Å². The van der Waals surface area contributed by atoms with Gasteiger partial charge in [-0.25, -0.2) is 0 Å². The summed E-state index contributed by atoms with van der Waals surface area (Å²) in [5.74, 6) is 0.173. The molecule has 1 aliphatic heterocycles. The number of hydrazine groups is 1. The molecule has 30 heavy (non-hydrogen) atoms. The van der Waals surface area contributed by atoms with Crippen LogP contribution in [-0.2, 0) is 16.1 Å². The van der Waals surface area contributed by atoms with E-state index < -0.39 is 5.91 Å². The minimum absolute atomic E-state index is 0.249. The molecule has 8 heteroatoms. The van der Waals surface area contributed by atoms with Crippen molar-refractivity contribution in [3.8, 4) is 11.5 Å². The number of morpholine rings is 1. The highest BCUT2D eigenvalue weighted by Crippen LogP contribution is 2.26. The Morgan fingerprint density at radius 3 is 2.47 bits per heavy atom. The average Bonchev–Trinajstić information content (AvgIpc) is 2.78. The number of para-hydroxylation sites is 2. The number of carbonyl (C=O) groups excluding carboxylic acids is 2. The monoisotopic (exact) mass is 413 g/mol. The van der Waals surface area contributed by atoms with Gasteiger partial charge in [0.15, 0.2) is 18.1 Å². The number of ether oxygens (including phenoxy) is 3. The number of rotatable bonds is 8. The van der Waals surface area contributed by atoms with Crippen molar-refractivity contribution in [2.24, 2.45) is 0 Å². The predicted octanol–water partition coefficient (Wildman–Crippen LogP) is 1.76. The van der Waals surface area contributed by atoms with E-state index in [1.54, 1.807) is 24.3 Å². The summed E-state index contributed by atoms with van der Waals surface area (Å²) in [5, 5.41) is 0. The fourth-order valence-electron chi connectivity index (χ4n) is 3.05. The second kappa shape index (κ2) is 11.2. The van der Waals surface area contributed by atoms with Crippen LogP contribution in [0, 0.1) is 0 Å². The minimum Gasteiger partial charge on any atom is -0.490 e. The molecule has 0 bridgehead atoms. The Hall–Kier alpha value is -3.10. The van der Waals surface area contributed by atoms with E-state index in [1.165, 1.54) is 0 Å². The molecule has 0 saturated carbocycles. The zero-order chi connectivity index (χ0) is 21.2. The van der Waals surface area contributed by atoms with Crippen molar-refractivity contribution in [3.05, 3.63) is 59.7 Å². The number of nitrogens with zero attached hydrogens (tertiary/aromatic N) is 1. The van der Waals surface area contributed by atoms with Gasteiger partial charge in [-0.3, -0.25) is 25.3 Å². The Bertz CT molecular complexity index is 852. The topological polar surface area (TPSA) is 89.1 Å². The summed E-state index contributed by atoms with van der Waals surface area (Å²) in [6.45, 7) is 6.07. The van der Waals surface area contributed by atoms with Crippen molar-refractivity contribution in [1.82, 2.24) is 15.8 Å². The number of hydrogen-bond donors (Lipinski definition) is 2. The molecule has 1 fully saturated rings. The molecule has 2 amide bonds. The van der Waals surface area contributed by atoms with Gasteiger partial charge >= 0.3 is 0 Å². The van der Waals surface area contributed by atoms with Crippen molar-refractivity contribution < 1.29 is 23.8 Å². The van der Waals surface area contributed by atoms with Crippen LogP contribution < -0.4 is 20.3 Å². The van der Waals surface area contributed by atoms with Gasteiger partial charge in [0, 0.05) is 25.2 Å². The Balaban J connectivity index is 1.47. The van der Waals surface area contributed by atoms with Gasteiger partial charge in [-0.05, 0) is 36.8 Å². The summed E-state index contributed by atoms with van der Waals surface area (Å²) in [6, 6.07) is 14.5. The van der Waals surface area contributed by atoms with Crippen LogP contribution in [-0.4, -0.2) is 56.2 Å². The molecule has 2 N–H and O–H groups in total. The van der Waals surface area contributed by atoms with E-state index in [2.05, 4.69) is 15.8 Å². The van der Waals surface area contributed by atoms with Crippen molar-refractivity contribution in [2.45, 2.75) is 13.5 Å². The second-order valence-electron chi connectivity index (χ2n) is 6.76. The van der Waals surface area contributed by atoms with Crippen molar-refractivity contribution in [1.29, 1.82) is 0 Å². The molecular formula is C22H27N3O5. The highest BCUT2D eigenvalue weighted by Gasteiger charge is 2.13. The molecule has 8 nitrogen and oxygen atoms in total. The minimum atomic E-state index is -0.473. The standard InChI is InChI=1S/C22H27N3O5/c1-2-29-19-8-3-4-9-20(19)30-16-21(26)23-24-22(27)18-7-5-6-17(14-18)15-25-10-12-28-13-11-25/h3-9,14H,2,10-13,15-16H2,1H3,(H,23,26)(H,24,27). The first-order valence-corrected chi connectivity index (χ1v) is 9.98. The lowest BCUT2D eigenvalue weighted by molar-refractivity contribution is -0.123. The molecule has 0 aliphatic carbocycles. The van der Waals surface area contributed by atoms with Gasteiger partial charge in [-0.1, -0.05) is 24.3 Å². The Morgan fingerprint density at radius 2 is 1.73 bits per heavy atom. The number of nitrogens with one attached hydrogen (secondary N) is 2. The van der Waals surface area contributed by atoms with Gasteiger partial charge in [0.25, 0.3) is 11.8 Å². The normalized spacial score (nSPS) is 14.0. The molecule has 160 valence electrons. The maximum absolute atomic E-state index is 12.4. The first kappa shape index (κ1) is 21.6. The van der Waals surface area contributed by atoms with Gasteiger partial charge in [0.05, 0.1) is 19.8 Å². The molecule has 0 unspecified atom stereocenters. The van der Waals surface area contributed by atoms with Crippen LogP contribution in [0.25, 0.3) is 0 Å². The van der Waals surface area contributed by atoms with Crippen LogP contribution in [0.15, 0.2) is 48.5 Å². The largest absolute Gasteiger partial charge is 0.490 e. The summed E-state index contributed by atoms with van der Waals surface area (Å²) >= 11 is 0. The van der Waals surface area contributed by atoms with E-state index in [0.717, 1.165) is 38.4 Å². The lowest BCUT2D eigenvalue weighted by Crippen LogP contribution is -2.43. The Kier molecular flexibility index (Phi) is 8.05. The maximum Gasteiger partial charge on any atom is 0.276 e. The lowest BCUT2D eigenvalue weighted by Gasteiger charge is -2.26. The summed E-state index contributed by atoms with van der Waals surface area (Å²) < 4.78 is 16.3. The SMILES string of the molecule is CCOc1ccccc1OCC(=O)NNC(=O)c1cccc(CN2CCOCC2)c1. The lowest BCUT2D eigenvalue weighted by atomic mass is 10.1. The molecule has 2 aromatic carbocycles. The highest BCUT2D eigenvalue weighted by molar-refractivity contribution is 5.95. The van der Waals surface area contributed by atoms with E-state index in [1.807, 2.05) is 31.2 Å². The molecule has 0 spiro atoms. The van der Waals surface area contributed by atoms with Gasteiger partial charge < -0.3 is 14.2 Å². The van der Waals surface area contributed by atoms with Crippen LogP contribution in [0.3, 0.4) is 0 Å².